The van der Waals surface area contributed by atoms with Gasteiger partial charge in [0.2, 0.25) is 0 Å². The van der Waals surface area contributed by atoms with Crippen LogP contribution >= 0.6 is 27.5 Å². The molecule has 2 aromatic carbocycles. The summed E-state index contributed by atoms with van der Waals surface area (Å²) in [5.41, 5.74) is 7.02. The first-order valence-electron chi connectivity index (χ1n) is 5.14. The van der Waals surface area contributed by atoms with Crippen LogP contribution in [0.3, 0.4) is 0 Å². The molecule has 1 nitrogen and oxygen atoms in total. The maximum atomic E-state index is 13.1. The van der Waals surface area contributed by atoms with Gasteiger partial charge in [-0.15, -0.1) is 0 Å². The van der Waals surface area contributed by atoms with Gasteiger partial charge in [0.05, 0.1) is 11.1 Å². The first-order valence-corrected chi connectivity index (χ1v) is 6.31. The molecule has 1 atom stereocenters. The van der Waals surface area contributed by atoms with E-state index in [0.717, 1.165) is 10.5 Å². The lowest BCUT2D eigenvalue weighted by molar-refractivity contribution is 0.577. The van der Waals surface area contributed by atoms with Gasteiger partial charge in [-0.25, -0.2) is 8.78 Å². The lowest BCUT2D eigenvalue weighted by Gasteiger charge is -2.13. The summed E-state index contributed by atoms with van der Waals surface area (Å²) in [6, 6.07) is 7.77. The van der Waals surface area contributed by atoms with Crippen molar-refractivity contribution < 1.29 is 8.78 Å². The molecule has 1 unspecified atom stereocenters. The Morgan fingerprint density at radius 1 is 1.00 bits per heavy atom. The van der Waals surface area contributed by atoms with E-state index in [9.17, 15) is 8.78 Å². The van der Waals surface area contributed by atoms with Crippen molar-refractivity contribution in [2.24, 2.45) is 5.73 Å². The maximum absolute atomic E-state index is 13.1. The van der Waals surface area contributed by atoms with Crippen molar-refractivity contribution in [2.45, 2.75) is 6.04 Å². The van der Waals surface area contributed by atoms with E-state index in [4.69, 9.17) is 17.3 Å². The van der Waals surface area contributed by atoms with Crippen molar-refractivity contribution in [2.75, 3.05) is 0 Å². The van der Waals surface area contributed by atoms with Crippen LogP contribution in [-0.4, -0.2) is 0 Å². The van der Waals surface area contributed by atoms with Gasteiger partial charge in [0.25, 0.3) is 0 Å². The van der Waals surface area contributed by atoms with E-state index in [-0.39, 0.29) is 0 Å². The molecule has 0 fully saturated rings. The summed E-state index contributed by atoms with van der Waals surface area (Å²) in [5, 5.41) is 0.500. The van der Waals surface area contributed by atoms with Gasteiger partial charge in [-0.3, -0.25) is 0 Å². The summed E-state index contributed by atoms with van der Waals surface area (Å²) < 4.78 is 27.0. The minimum Gasteiger partial charge on any atom is -0.320 e. The van der Waals surface area contributed by atoms with Gasteiger partial charge < -0.3 is 5.73 Å². The van der Waals surface area contributed by atoms with Gasteiger partial charge in [0.15, 0.2) is 0 Å². The molecule has 5 heteroatoms. The molecule has 94 valence electrons. The van der Waals surface area contributed by atoms with Gasteiger partial charge in [-0.2, -0.15) is 0 Å². The average molecular weight is 333 g/mol. The van der Waals surface area contributed by atoms with Crippen molar-refractivity contribution in [3.05, 3.63) is 68.7 Å². The molecule has 0 aliphatic heterocycles. The Bertz CT molecular complexity index is 569. The summed E-state index contributed by atoms with van der Waals surface area (Å²) in [5.74, 6) is -1.30. The zero-order chi connectivity index (χ0) is 13.3. The molecule has 0 saturated carbocycles. The van der Waals surface area contributed by atoms with E-state index in [1.54, 1.807) is 18.2 Å². The Balaban J connectivity index is 2.40. The van der Waals surface area contributed by atoms with Crippen molar-refractivity contribution >= 4 is 27.5 Å². The fourth-order valence-corrected chi connectivity index (χ4v) is 2.09. The highest BCUT2D eigenvalue weighted by Gasteiger charge is 2.12. The summed E-state index contributed by atoms with van der Waals surface area (Å²) >= 11 is 9.22. The fraction of sp³-hybridized carbons (Fsp3) is 0.0769. The van der Waals surface area contributed by atoms with E-state index >= 15 is 0 Å². The second-order valence-corrected chi connectivity index (χ2v) is 5.12. The zero-order valence-electron chi connectivity index (χ0n) is 9.13. The summed E-state index contributed by atoms with van der Waals surface area (Å²) in [4.78, 5) is 0. The van der Waals surface area contributed by atoms with Crippen LogP contribution in [0.4, 0.5) is 8.78 Å². The van der Waals surface area contributed by atoms with E-state index in [2.05, 4.69) is 15.9 Å². The third-order valence-electron chi connectivity index (χ3n) is 2.55. The van der Waals surface area contributed by atoms with Crippen LogP contribution in [0.15, 0.2) is 40.9 Å². The van der Waals surface area contributed by atoms with Crippen LogP contribution < -0.4 is 5.73 Å². The Morgan fingerprint density at radius 2 is 1.61 bits per heavy atom. The number of halogens is 4. The Kier molecular flexibility index (Phi) is 4.00. The van der Waals surface area contributed by atoms with Crippen molar-refractivity contribution in [3.8, 4) is 0 Å². The Morgan fingerprint density at radius 3 is 2.17 bits per heavy atom. The van der Waals surface area contributed by atoms with Gasteiger partial charge in [0, 0.05) is 10.5 Å². The summed E-state index contributed by atoms with van der Waals surface area (Å²) in [6.07, 6.45) is 0. The third-order valence-corrected chi connectivity index (χ3v) is 3.78. The van der Waals surface area contributed by atoms with Crippen LogP contribution in [0.2, 0.25) is 5.02 Å². The topological polar surface area (TPSA) is 26.0 Å². The molecule has 0 aromatic heterocycles. The molecule has 0 heterocycles. The standard InChI is InChI=1S/C13H9BrClF2N/c14-11-2-1-7(5-12(11)15)13(18)8-3-9(16)6-10(17)4-8/h1-6,13H,18H2. The van der Waals surface area contributed by atoms with Crippen LogP contribution in [0.25, 0.3) is 0 Å². The highest BCUT2D eigenvalue weighted by molar-refractivity contribution is 9.10. The van der Waals surface area contributed by atoms with E-state index in [1.165, 1.54) is 12.1 Å². The molecule has 0 amide bonds. The molecule has 18 heavy (non-hydrogen) atoms. The van der Waals surface area contributed by atoms with Crippen molar-refractivity contribution in [3.63, 3.8) is 0 Å². The smallest absolute Gasteiger partial charge is 0.126 e. The SMILES string of the molecule is NC(c1cc(F)cc(F)c1)c1ccc(Br)c(Cl)c1. The number of benzene rings is 2. The summed E-state index contributed by atoms with van der Waals surface area (Å²) in [7, 11) is 0. The first kappa shape index (κ1) is 13.5. The monoisotopic (exact) mass is 331 g/mol. The number of hydrogen-bond donors (Lipinski definition) is 1. The lowest BCUT2D eigenvalue weighted by Crippen LogP contribution is -2.12. The fourth-order valence-electron chi connectivity index (χ4n) is 1.65. The maximum Gasteiger partial charge on any atom is 0.126 e. The molecule has 0 aliphatic carbocycles. The largest absolute Gasteiger partial charge is 0.320 e. The van der Waals surface area contributed by atoms with Crippen molar-refractivity contribution in [1.82, 2.24) is 0 Å². The molecule has 0 spiro atoms. The van der Waals surface area contributed by atoms with Crippen molar-refractivity contribution in [1.29, 1.82) is 0 Å². The molecule has 0 radical (unpaired) electrons. The Labute approximate surface area is 117 Å². The van der Waals surface area contributed by atoms with E-state index in [0.29, 0.717) is 16.1 Å². The molecule has 2 rings (SSSR count). The molecule has 0 bridgehead atoms. The van der Waals surface area contributed by atoms with Gasteiger partial charge in [-0.1, -0.05) is 17.7 Å². The summed E-state index contributed by atoms with van der Waals surface area (Å²) in [6.45, 7) is 0. The van der Waals surface area contributed by atoms with Gasteiger partial charge >= 0.3 is 0 Å². The quantitative estimate of drug-likeness (QED) is 0.865. The molecular formula is C13H9BrClF2N. The van der Waals surface area contributed by atoms with E-state index in [1.807, 2.05) is 0 Å². The van der Waals surface area contributed by atoms with Crippen LogP contribution in [0.5, 0.6) is 0 Å². The second kappa shape index (κ2) is 5.34. The van der Waals surface area contributed by atoms with Crippen LogP contribution in [0.1, 0.15) is 17.2 Å². The molecule has 2 aromatic rings. The highest BCUT2D eigenvalue weighted by atomic mass is 79.9. The number of rotatable bonds is 2. The average Bonchev–Trinajstić information content (AvgIpc) is 2.30. The zero-order valence-corrected chi connectivity index (χ0v) is 11.5. The third kappa shape index (κ3) is 2.88. The molecule has 0 saturated heterocycles. The highest BCUT2D eigenvalue weighted by Crippen LogP contribution is 2.28. The second-order valence-electron chi connectivity index (χ2n) is 3.85. The lowest BCUT2D eigenvalue weighted by atomic mass is 9.99. The molecule has 0 aliphatic rings. The molecular weight excluding hydrogens is 324 g/mol. The van der Waals surface area contributed by atoms with Crippen LogP contribution in [-0.2, 0) is 0 Å². The minimum atomic E-state index is -0.649. The predicted molar refractivity (Wildman–Crippen MR) is 71.5 cm³/mol. The Hall–Kier alpha value is -0.970. The first-order chi connectivity index (χ1) is 8.47. The number of nitrogens with two attached hydrogens (primary N) is 1. The normalized spacial score (nSPS) is 12.5. The van der Waals surface area contributed by atoms with Gasteiger partial charge in [-0.05, 0) is 51.3 Å². The molecule has 2 N–H and O–H groups in total. The van der Waals surface area contributed by atoms with Gasteiger partial charge in [0.1, 0.15) is 11.6 Å². The number of hydrogen-bond acceptors (Lipinski definition) is 1. The minimum absolute atomic E-state index is 0.367. The van der Waals surface area contributed by atoms with E-state index < -0.39 is 17.7 Å². The van der Waals surface area contributed by atoms with Crippen LogP contribution in [0, 0.1) is 11.6 Å². The predicted octanol–water partition coefficient (Wildman–Crippen LogP) is 4.43.